The number of rotatable bonds is 8. The van der Waals surface area contributed by atoms with Crippen molar-refractivity contribution in [3.63, 3.8) is 0 Å². The number of imide groups is 1. The fourth-order valence-corrected chi connectivity index (χ4v) is 3.85. The van der Waals surface area contributed by atoms with Gasteiger partial charge >= 0.3 is 0 Å². The summed E-state index contributed by atoms with van der Waals surface area (Å²) in [5.41, 5.74) is 2.38. The Labute approximate surface area is 171 Å². The molecule has 154 valence electrons. The number of benzene rings is 1. The zero-order valence-corrected chi connectivity index (χ0v) is 16.7. The number of aliphatic hydroxyl groups excluding tert-OH is 1. The van der Waals surface area contributed by atoms with Crippen LogP contribution in [0.1, 0.15) is 79.3 Å². The van der Waals surface area contributed by atoms with E-state index in [1.807, 2.05) is 12.1 Å². The summed E-state index contributed by atoms with van der Waals surface area (Å²) in [7, 11) is 0. The van der Waals surface area contributed by atoms with Crippen LogP contribution in [-0.4, -0.2) is 40.4 Å². The number of nitrogens with one attached hydrogen (secondary N) is 1. The number of unbranched alkanes of at least 4 members (excludes halogenated alkanes) is 6. The van der Waals surface area contributed by atoms with E-state index in [1.54, 1.807) is 11.0 Å². The first-order valence-corrected chi connectivity index (χ1v) is 10.5. The second kappa shape index (κ2) is 10.2. The molecule has 1 aromatic rings. The summed E-state index contributed by atoms with van der Waals surface area (Å²) in [6.07, 6.45) is 8.02. The Hall–Kier alpha value is -2.65. The fraction of sp³-hybridized carbons (Fsp3) is 0.522. The minimum atomic E-state index is -0.584. The molecule has 2 N–H and O–H groups in total. The maximum Gasteiger partial charge on any atom is 0.255 e. The van der Waals surface area contributed by atoms with Gasteiger partial charge in [-0.25, -0.2) is 0 Å². The number of carbonyl (C=O) groups is 3. The molecule has 1 aromatic carbocycles. The van der Waals surface area contributed by atoms with Crippen LogP contribution in [0.4, 0.5) is 0 Å². The van der Waals surface area contributed by atoms with Crippen molar-refractivity contribution in [2.24, 2.45) is 0 Å². The van der Waals surface area contributed by atoms with E-state index in [2.05, 4.69) is 17.2 Å². The van der Waals surface area contributed by atoms with Crippen molar-refractivity contribution < 1.29 is 19.5 Å². The van der Waals surface area contributed by atoms with Crippen molar-refractivity contribution in [1.29, 1.82) is 0 Å². The summed E-state index contributed by atoms with van der Waals surface area (Å²) in [5, 5.41) is 11.1. The molecule has 2 aliphatic rings. The van der Waals surface area contributed by atoms with Crippen LogP contribution >= 0.6 is 0 Å². The first kappa shape index (κ1) is 21.1. The number of aliphatic hydroxyl groups is 1. The molecule has 1 unspecified atom stereocenters. The van der Waals surface area contributed by atoms with Crippen LogP contribution in [-0.2, 0) is 16.1 Å². The summed E-state index contributed by atoms with van der Waals surface area (Å²) in [6.45, 7) is 0.660. The minimum absolute atomic E-state index is 0.157. The average Bonchev–Trinajstić information content (AvgIpc) is 3.02. The average molecular weight is 396 g/mol. The molecule has 6 heteroatoms. The molecule has 1 saturated heterocycles. The highest BCUT2D eigenvalue weighted by Crippen LogP contribution is 2.28. The summed E-state index contributed by atoms with van der Waals surface area (Å²) < 4.78 is 0. The number of fused-ring (bicyclic) bond motifs is 1. The lowest BCUT2D eigenvalue weighted by molar-refractivity contribution is -0.136. The molecule has 2 aliphatic heterocycles. The number of hydrogen-bond acceptors (Lipinski definition) is 4. The van der Waals surface area contributed by atoms with Crippen molar-refractivity contribution in [2.75, 3.05) is 6.61 Å². The first-order chi connectivity index (χ1) is 14.1. The summed E-state index contributed by atoms with van der Waals surface area (Å²) in [5.74, 6) is 5.55. The smallest absolute Gasteiger partial charge is 0.255 e. The normalized spacial score (nSPS) is 18.3. The molecule has 3 amide bonds. The Kier molecular flexibility index (Phi) is 7.42. The zero-order chi connectivity index (χ0) is 20.6. The molecule has 1 fully saturated rings. The van der Waals surface area contributed by atoms with Gasteiger partial charge in [0.05, 0.1) is 0 Å². The molecule has 3 rings (SSSR count). The molecule has 0 aliphatic carbocycles. The summed E-state index contributed by atoms with van der Waals surface area (Å²) in [4.78, 5) is 37.7. The summed E-state index contributed by atoms with van der Waals surface area (Å²) >= 11 is 0. The van der Waals surface area contributed by atoms with Gasteiger partial charge in [-0.3, -0.25) is 19.7 Å². The monoisotopic (exact) mass is 396 g/mol. The standard InChI is InChI=1S/C23H28N2O4/c26-14-8-6-4-2-1-3-5-7-9-17-10-11-19-18(15-17)16-25(23(19)29)20-12-13-21(27)24-22(20)28/h10-11,15,20,26H,1-6,8,12-14,16H2,(H,24,27,28). The third kappa shape index (κ3) is 5.45. The van der Waals surface area contributed by atoms with E-state index < -0.39 is 11.9 Å². The second-order valence-corrected chi connectivity index (χ2v) is 7.67. The van der Waals surface area contributed by atoms with Crippen molar-refractivity contribution in [3.8, 4) is 11.8 Å². The van der Waals surface area contributed by atoms with Gasteiger partial charge in [0.1, 0.15) is 6.04 Å². The SMILES string of the molecule is O=C1CCC(N2Cc3cc(C#CCCCCCCCCO)ccc3C2=O)C(=O)N1. The van der Waals surface area contributed by atoms with Gasteiger partial charge in [0, 0.05) is 37.1 Å². The third-order valence-electron chi connectivity index (χ3n) is 5.47. The van der Waals surface area contributed by atoms with Crippen LogP contribution in [0.5, 0.6) is 0 Å². The van der Waals surface area contributed by atoms with Crippen molar-refractivity contribution >= 4 is 17.7 Å². The Morgan fingerprint density at radius 3 is 2.59 bits per heavy atom. The Morgan fingerprint density at radius 1 is 1.07 bits per heavy atom. The van der Waals surface area contributed by atoms with Gasteiger partial charge in [0.2, 0.25) is 11.8 Å². The Bertz CT molecular complexity index is 837. The highest BCUT2D eigenvalue weighted by Gasteiger charge is 2.38. The van der Waals surface area contributed by atoms with Crippen LogP contribution in [0, 0.1) is 11.8 Å². The van der Waals surface area contributed by atoms with E-state index in [9.17, 15) is 14.4 Å². The molecule has 6 nitrogen and oxygen atoms in total. The van der Waals surface area contributed by atoms with Crippen LogP contribution in [0.2, 0.25) is 0 Å². The first-order valence-electron chi connectivity index (χ1n) is 10.5. The minimum Gasteiger partial charge on any atom is -0.396 e. The molecule has 29 heavy (non-hydrogen) atoms. The van der Waals surface area contributed by atoms with Gasteiger partial charge < -0.3 is 10.0 Å². The van der Waals surface area contributed by atoms with Gasteiger partial charge in [-0.2, -0.15) is 0 Å². The lowest BCUT2D eigenvalue weighted by Crippen LogP contribution is -2.52. The molecule has 2 heterocycles. The third-order valence-corrected chi connectivity index (χ3v) is 5.47. The Morgan fingerprint density at radius 2 is 1.83 bits per heavy atom. The number of nitrogens with zero attached hydrogens (tertiary/aromatic N) is 1. The van der Waals surface area contributed by atoms with Crippen LogP contribution in [0.3, 0.4) is 0 Å². The summed E-state index contributed by atoms with van der Waals surface area (Å²) in [6, 6.07) is 4.99. The van der Waals surface area contributed by atoms with E-state index in [1.165, 1.54) is 6.42 Å². The molecule has 0 spiro atoms. The lowest BCUT2D eigenvalue weighted by Gasteiger charge is -2.29. The fourth-order valence-electron chi connectivity index (χ4n) is 3.85. The van der Waals surface area contributed by atoms with E-state index in [4.69, 9.17) is 5.11 Å². The molecular formula is C23H28N2O4. The molecule has 0 radical (unpaired) electrons. The largest absolute Gasteiger partial charge is 0.396 e. The molecule has 1 atom stereocenters. The topological polar surface area (TPSA) is 86.7 Å². The van der Waals surface area contributed by atoms with Crippen molar-refractivity contribution in [1.82, 2.24) is 10.2 Å². The van der Waals surface area contributed by atoms with Crippen molar-refractivity contribution in [2.45, 2.75) is 70.4 Å². The van der Waals surface area contributed by atoms with Crippen molar-refractivity contribution in [3.05, 3.63) is 34.9 Å². The maximum absolute atomic E-state index is 12.7. The van der Waals surface area contributed by atoms with Gasteiger partial charge in [0.25, 0.3) is 5.91 Å². The van der Waals surface area contributed by atoms with Crippen LogP contribution in [0.15, 0.2) is 18.2 Å². The molecule has 0 bridgehead atoms. The predicted octanol–water partition coefficient (Wildman–Crippen LogP) is 2.52. The van der Waals surface area contributed by atoms with Gasteiger partial charge in [0.15, 0.2) is 0 Å². The molecular weight excluding hydrogens is 368 g/mol. The Balaban J connectivity index is 1.51. The predicted molar refractivity (Wildman–Crippen MR) is 109 cm³/mol. The highest BCUT2D eigenvalue weighted by molar-refractivity contribution is 6.05. The van der Waals surface area contributed by atoms with Gasteiger partial charge in [-0.05, 0) is 43.0 Å². The van der Waals surface area contributed by atoms with E-state index >= 15 is 0 Å². The number of piperidine rings is 1. The van der Waals surface area contributed by atoms with E-state index in [0.29, 0.717) is 18.5 Å². The second-order valence-electron chi connectivity index (χ2n) is 7.67. The maximum atomic E-state index is 12.7. The molecule has 0 saturated carbocycles. The quantitative estimate of drug-likeness (QED) is 0.402. The number of amides is 3. The van der Waals surface area contributed by atoms with Crippen LogP contribution < -0.4 is 5.32 Å². The highest BCUT2D eigenvalue weighted by atomic mass is 16.3. The number of hydrogen-bond donors (Lipinski definition) is 2. The lowest BCUT2D eigenvalue weighted by atomic mass is 10.0. The zero-order valence-electron chi connectivity index (χ0n) is 16.7. The number of carbonyl (C=O) groups excluding carboxylic acids is 3. The molecule has 0 aromatic heterocycles. The van der Waals surface area contributed by atoms with Gasteiger partial charge in [-0.1, -0.05) is 37.5 Å². The van der Waals surface area contributed by atoms with Gasteiger partial charge in [-0.15, -0.1) is 0 Å². The van der Waals surface area contributed by atoms with E-state index in [0.717, 1.165) is 49.7 Å². The van der Waals surface area contributed by atoms with Crippen LogP contribution in [0.25, 0.3) is 0 Å². The van der Waals surface area contributed by atoms with E-state index in [-0.39, 0.29) is 24.8 Å².